The van der Waals surface area contributed by atoms with E-state index in [0.717, 1.165) is 61.4 Å². The second-order valence-electron chi connectivity index (χ2n) is 15.9. The van der Waals surface area contributed by atoms with Crippen molar-refractivity contribution < 1.29 is 33.8 Å². The molecule has 2 fully saturated rings. The van der Waals surface area contributed by atoms with Crippen LogP contribution in [-0.4, -0.2) is 86.9 Å². The maximum atomic E-state index is 14.2. The quantitative estimate of drug-likeness (QED) is 0.155. The molecule has 4 aliphatic rings. The predicted octanol–water partition coefficient (Wildman–Crippen LogP) is 6.07. The number of fused-ring (bicyclic) bond motifs is 4. The monoisotopic (exact) mass is 781 g/mol. The summed E-state index contributed by atoms with van der Waals surface area (Å²) in [5.41, 5.74) is 1.27. The van der Waals surface area contributed by atoms with Crippen molar-refractivity contribution in [2.24, 2.45) is 0 Å². The summed E-state index contributed by atoms with van der Waals surface area (Å²) in [6.07, 6.45) is 13.3. The fourth-order valence-corrected chi connectivity index (χ4v) is 7.78. The highest BCUT2D eigenvalue weighted by atomic mass is 32.2. The standard InChI is InChI=1S/C35H45N5O6S.C5H12O.C2H6/c1-34(17-18-34)47-39-31(43)26-13-7-5-3-2-4-6-8-14-27(36-22-42)33(45)40-21-35(19-29(40)32(44)38-26)16-15-24-23-11-9-10-12-25(23)37-28(20-41)30(24)46-35;1-5(2,3)6-4;1-2/h5,7,9-12,22,26-27,29,41H,2-4,6,8,13-21H2,1H3,(H,36,42)(H,38,44)(H,39,43);1-4H3;1-2H3/b7-5-;;/t26?,27-,29-,35+;;/m0../s1. The molecule has 304 valence electrons. The topological polar surface area (TPSA) is 159 Å². The molecule has 1 spiro atoms. The number of hydrogen-bond acceptors (Lipinski definition) is 9. The van der Waals surface area contributed by atoms with E-state index < -0.39 is 29.6 Å². The number of nitrogens with one attached hydrogen (secondary N) is 3. The van der Waals surface area contributed by atoms with Gasteiger partial charge in [0.15, 0.2) is 0 Å². The minimum atomic E-state index is -0.924. The first-order chi connectivity index (χ1) is 26.3. The van der Waals surface area contributed by atoms with Crippen molar-refractivity contribution >= 4 is 47.0 Å². The van der Waals surface area contributed by atoms with E-state index in [1.165, 1.54) is 16.8 Å². The molecule has 55 heavy (non-hydrogen) atoms. The molecule has 4 amide bonds. The highest BCUT2D eigenvalue weighted by Crippen LogP contribution is 2.47. The first kappa shape index (κ1) is 44.0. The Morgan fingerprint density at radius 2 is 1.84 bits per heavy atom. The summed E-state index contributed by atoms with van der Waals surface area (Å²) >= 11 is 1.40. The Morgan fingerprint density at radius 3 is 2.51 bits per heavy atom. The van der Waals surface area contributed by atoms with Crippen molar-refractivity contribution in [1.82, 2.24) is 25.2 Å². The molecule has 4 atom stereocenters. The molecule has 4 heterocycles. The van der Waals surface area contributed by atoms with Gasteiger partial charge in [-0.15, -0.1) is 0 Å². The van der Waals surface area contributed by atoms with E-state index in [1.54, 1.807) is 7.11 Å². The number of carbonyl (C=O) groups is 4. The third-order valence-electron chi connectivity index (χ3n) is 10.6. The number of amides is 4. The number of aryl methyl sites for hydroxylation is 1. The van der Waals surface area contributed by atoms with Gasteiger partial charge >= 0.3 is 0 Å². The lowest BCUT2D eigenvalue weighted by molar-refractivity contribution is -0.141. The number of hydrogen-bond donors (Lipinski definition) is 4. The average Bonchev–Trinajstić information content (AvgIpc) is 3.81. The van der Waals surface area contributed by atoms with Crippen LogP contribution < -0.4 is 20.1 Å². The Kier molecular flexibility index (Phi) is 16.0. The Hall–Kier alpha value is -3.68. The largest absolute Gasteiger partial charge is 0.483 e. The molecule has 1 aromatic heterocycles. The molecule has 0 bridgehead atoms. The van der Waals surface area contributed by atoms with E-state index in [9.17, 15) is 24.3 Å². The summed E-state index contributed by atoms with van der Waals surface area (Å²) in [6, 6.07) is 5.21. The molecule has 4 N–H and O–H groups in total. The van der Waals surface area contributed by atoms with Crippen LogP contribution in [0.3, 0.4) is 0 Å². The Balaban J connectivity index is 0.000000768. The van der Waals surface area contributed by atoms with Crippen molar-refractivity contribution in [2.75, 3.05) is 13.7 Å². The molecular formula is C42H63N5O7S. The number of rotatable bonds is 6. The molecule has 1 saturated heterocycles. The van der Waals surface area contributed by atoms with Gasteiger partial charge in [0.2, 0.25) is 18.2 Å². The van der Waals surface area contributed by atoms with Gasteiger partial charge in [0.05, 0.1) is 24.3 Å². The van der Waals surface area contributed by atoms with Crippen LogP contribution in [0.1, 0.15) is 123 Å². The number of carbonyl (C=O) groups excluding carboxylic acids is 4. The second-order valence-corrected chi connectivity index (χ2v) is 17.3. The van der Waals surface area contributed by atoms with Crippen LogP contribution in [-0.2, 0) is 36.9 Å². The summed E-state index contributed by atoms with van der Waals surface area (Å²) in [5.74, 6) is -0.550. The summed E-state index contributed by atoms with van der Waals surface area (Å²) in [7, 11) is 1.71. The van der Waals surface area contributed by atoms with Crippen LogP contribution in [0.5, 0.6) is 5.75 Å². The van der Waals surface area contributed by atoms with Gasteiger partial charge in [-0.05, 0) is 97.1 Å². The zero-order chi connectivity index (χ0) is 40.2. The van der Waals surface area contributed by atoms with Gasteiger partial charge in [0.1, 0.15) is 35.2 Å². The first-order valence-electron chi connectivity index (χ1n) is 20.0. The van der Waals surface area contributed by atoms with Crippen LogP contribution >= 0.6 is 11.9 Å². The molecule has 12 nitrogen and oxygen atoms in total. The third kappa shape index (κ3) is 11.9. The highest BCUT2D eigenvalue weighted by molar-refractivity contribution is 7.99. The van der Waals surface area contributed by atoms with Crippen molar-refractivity contribution in [3.05, 3.63) is 47.7 Å². The minimum absolute atomic E-state index is 0.0255. The molecule has 1 aromatic carbocycles. The Morgan fingerprint density at radius 1 is 1.13 bits per heavy atom. The van der Waals surface area contributed by atoms with Gasteiger partial charge < -0.3 is 30.1 Å². The summed E-state index contributed by atoms with van der Waals surface area (Å²) in [5, 5.41) is 16.9. The maximum absolute atomic E-state index is 14.2. The van der Waals surface area contributed by atoms with Gasteiger partial charge in [-0.25, -0.2) is 4.98 Å². The maximum Gasteiger partial charge on any atom is 0.252 e. The average molecular weight is 782 g/mol. The van der Waals surface area contributed by atoms with Crippen LogP contribution in [0.25, 0.3) is 10.9 Å². The third-order valence-corrected chi connectivity index (χ3v) is 11.8. The van der Waals surface area contributed by atoms with Crippen molar-refractivity contribution in [3.8, 4) is 5.75 Å². The van der Waals surface area contributed by atoms with Crippen molar-refractivity contribution in [3.63, 3.8) is 0 Å². The van der Waals surface area contributed by atoms with E-state index in [0.29, 0.717) is 43.5 Å². The SMILES string of the molecule is CC.CC1(SNC(=O)C2C/C=C\CCCCCC[C@H](NC=O)C(=O)N3C[C@@]4(CCc5c(c(CO)nc6ccccc56)O4)C[C@H]3C(=O)N2)CC1.COC(C)(C)C. The fraction of sp³-hybridized carbons (Fsp3) is 0.643. The van der Waals surface area contributed by atoms with Crippen LogP contribution in [0.2, 0.25) is 0 Å². The van der Waals surface area contributed by atoms with Crippen molar-refractivity contribution in [2.45, 2.75) is 159 Å². The number of benzene rings is 1. The molecule has 1 unspecified atom stereocenters. The smallest absolute Gasteiger partial charge is 0.252 e. The van der Waals surface area contributed by atoms with E-state index >= 15 is 0 Å². The number of nitrogens with zero attached hydrogens (tertiary/aromatic N) is 2. The first-order valence-corrected chi connectivity index (χ1v) is 20.8. The number of pyridine rings is 1. The Labute approximate surface area is 331 Å². The highest BCUT2D eigenvalue weighted by Gasteiger charge is 2.53. The number of aromatic nitrogens is 1. The van der Waals surface area contributed by atoms with Gasteiger partial charge in [0, 0.05) is 29.2 Å². The summed E-state index contributed by atoms with van der Waals surface area (Å²) in [6.45, 7) is 12.0. The second kappa shape index (κ2) is 20.0. The van der Waals surface area contributed by atoms with Crippen molar-refractivity contribution in [1.29, 1.82) is 0 Å². The van der Waals surface area contributed by atoms with Crippen LogP contribution in [0.15, 0.2) is 36.4 Å². The zero-order valence-corrected chi connectivity index (χ0v) is 34.7. The lowest BCUT2D eigenvalue weighted by Gasteiger charge is -2.37. The van der Waals surface area contributed by atoms with E-state index in [4.69, 9.17) is 9.47 Å². The Bertz CT molecular complexity index is 1660. The molecule has 13 heteroatoms. The predicted molar refractivity (Wildman–Crippen MR) is 217 cm³/mol. The van der Waals surface area contributed by atoms with E-state index in [-0.39, 0.29) is 41.7 Å². The van der Waals surface area contributed by atoms with E-state index in [1.807, 2.05) is 65.0 Å². The molecule has 0 radical (unpaired) electrons. The molecule has 1 saturated carbocycles. The van der Waals surface area contributed by atoms with Gasteiger partial charge in [-0.1, -0.05) is 63.5 Å². The molecule has 6 rings (SSSR count). The number of para-hydroxylation sites is 1. The lowest BCUT2D eigenvalue weighted by atomic mass is 9.87. The molecule has 1 aliphatic carbocycles. The summed E-state index contributed by atoms with van der Waals surface area (Å²) < 4.78 is 14.7. The van der Waals surface area contributed by atoms with Crippen LogP contribution in [0, 0.1) is 0 Å². The zero-order valence-electron chi connectivity index (χ0n) is 33.9. The number of methoxy groups -OCH3 is 1. The molecule has 3 aliphatic heterocycles. The summed E-state index contributed by atoms with van der Waals surface area (Å²) in [4.78, 5) is 59.6. The van der Waals surface area contributed by atoms with Crippen LogP contribution in [0.4, 0.5) is 0 Å². The van der Waals surface area contributed by atoms with Gasteiger partial charge in [0.25, 0.3) is 5.91 Å². The number of allylic oxidation sites excluding steroid dienone is 1. The van der Waals surface area contributed by atoms with E-state index in [2.05, 4.69) is 33.3 Å². The van der Waals surface area contributed by atoms with Gasteiger partial charge in [-0.3, -0.25) is 23.9 Å². The number of ether oxygens (including phenoxy) is 2. The normalized spacial score (nSPS) is 25.7. The number of aliphatic hydroxyl groups is 1. The fourth-order valence-electron chi connectivity index (χ4n) is 6.98. The lowest BCUT2D eigenvalue weighted by Crippen LogP contribution is -2.55. The van der Waals surface area contributed by atoms with Gasteiger partial charge in [-0.2, -0.15) is 0 Å². The number of aliphatic hydroxyl groups excluding tert-OH is 1. The minimum Gasteiger partial charge on any atom is -0.483 e. The molecular weight excluding hydrogens is 719 g/mol. The molecule has 2 aromatic rings.